The number of nitrogens with zero attached hydrogens (tertiary/aromatic N) is 3. The molecule has 0 unspecified atom stereocenters. The number of pyridine rings is 1. The quantitative estimate of drug-likeness (QED) is 0.291. The van der Waals surface area contributed by atoms with Crippen LogP contribution < -0.4 is 0 Å². The van der Waals surface area contributed by atoms with Crippen LogP contribution in [0.15, 0.2) is 115 Å². The highest BCUT2D eigenvalue weighted by atomic mass is 14.9. The van der Waals surface area contributed by atoms with E-state index in [0.717, 1.165) is 28.2 Å². The van der Waals surface area contributed by atoms with Gasteiger partial charge in [-0.1, -0.05) is 84.9 Å². The van der Waals surface area contributed by atoms with Crippen molar-refractivity contribution in [1.29, 1.82) is 0 Å². The van der Waals surface area contributed by atoms with Gasteiger partial charge in [0.2, 0.25) is 0 Å². The maximum absolute atomic E-state index is 5.06. The molecule has 32 heavy (non-hydrogen) atoms. The highest BCUT2D eigenvalue weighted by Gasteiger charge is 2.15. The second-order valence-corrected chi connectivity index (χ2v) is 7.74. The Kier molecular flexibility index (Phi) is 4.43. The molecule has 0 fully saturated rings. The van der Waals surface area contributed by atoms with Gasteiger partial charge in [0.1, 0.15) is 0 Å². The van der Waals surface area contributed by atoms with Crippen molar-refractivity contribution in [1.82, 2.24) is 15.0 Å². The summed E-state index contributed by atoms with van der Waals surface area (Å²) < 4.78 is 0. The molecule has 0 amide bonds. The minimum Gasteiger partial charge on any atom is -0.255 e. The van der Waals surface area contributed by atoms with Crippen molar-refractivity contribution < 1.29 is 0 Å². The molecule has 0 aliphatic heterocycles. The Morgan fingerprint density at radius 3 is 1.78 bits per heavy atom. The van der Waals surface area contributed by atoms with Crippen LogP contribution in [0.5, 0.6) is 0 Å². The van der Waals surface area contributed by atoms with Gasteiger partial charge in [-0.15, -0.1) is 0 Å². The zero-order chi connectivity index (χ0) is 21.3. The number of hydrogen-bond donors (Lipinski definition) is 0. The SMILES string of the molecule is c1ccc(-c2nc(-c3ccccn3)cc(-c3c4ccccc4cc4ccccc34)n2)cc1. The molecule has 4 aromatic carbocycles. The van der Waals surface area contributed by atoms with Crippen molar-refractivity contribution in [3.05, 3.63) is 115 Å². The van der Waals surface area contributed by atoms with Crippen LogP contribution in [0.1, 0.15) is 0 Å². The molecule has 0 N–H and O–H groups in total. The summed E-state index contributed by atoms with van der Waals surface area (Å²) in [5.41, 5.74) is 4.64. The van der Waals surface area contributed by atoms with E-state index < -0.39 is 0 Å². The highest BCUT2D eigenvalue weighted by molar-refractivity contribution is 6.12. The zero-order valence-corrected chi connectivity index (χ0v) is 17.3. The number of benzene rings is 4. The van der Waals surface area contributed by atoms with Gasteiger partial charge in [0, 0.05) is 17.3 Å². The molecule has 0 radical (unpaired) electrons. The van der Waals surface area contributed by atoms with Crippen molar-refractivity contribution in [3.8, 4) is 34.0 Å². The first kappa shape index (κ1) is 18.4. The van der Waals surface area contributed by atoms with Crippen molar-refractivity contribution in [2.75, 3.05) is 0 Å². The lowest BCUT2D eigenvalue weighted by Crippen LogP contribution is -1.97. The maximum atomic E-state index is 5.06. The fourth-order valence-corrected chi connectivity index (χ4v) is 4.23. The maximum Gasteiger partial charge on any atom is 0.160 e. The molecule has 2 heterocycles. The molecule has 0 aliphatic rings. The molecular formula is C29H19N3. The summed E-state index contributed by atoms with van der Waals surface area (Å²) in [6.07, 6.45) is 1.80. The van der Waals surface area contributed by atoms with Gasteiger partial charge in [-0.05, 0) is 45.8 Å². The first-order valence-corrected chi connectivity index (χ1v) is 10.6. The molecular weight excluding hydrogens is 390 g/mol. The Hall–Kier alpha value is -4.37. The van der Waals surface area contributed by atoms with Crippen molar-refractivity contribution >= 4 is 21.5 Å². The lowest BCUT2D eigenvalue weighted by Gasteiger charge is -2.14. The van der Waals surface area contributed by atoms with Crippen LogP contribution in [0, 0.1) is 0 Å². The predicted octanol–water partition coefficient (Wildman–Crippen LogP) is 7.18. The van der Waals surface area contributed by atoms with Crippen LogP contribution in [-0.4, -0.2) is 15.0 Å². The molecule has 3 nitrogen and oxygen atoms in total. The van der Waals surface area contributed by atoms with E-state index in [4.69, 9.17) is 9.97 Å². The lowest BCUT2D eigenvalue weighted by molar-refractivity contribution is 1.17. The largest absolute Gasteiger partial charge is 0.255 e. The van der Waals surface area contributed by atoms with E-state index in [-0.39, 0.29) is 0 Å². The number of fused-ring (bicyclic) bond motifs is 2. The average molecular weight is 409 g/mol. The van der Waals surface area contributed by atoms with Gasteiger partial charge in [-0.2, -0.15) is 0 Å². The van der Waals surface area contributed by atoms with E-state index in [2.05, 4.69) is 65.6 Å². The van der Waals surface area contributed by atoms with Gasteiger partial charge in [-0.3, -0.25) is 4.98 Å². The van der Waals surface area contributed by atoms with Crippen LogP contribution in [0.4, 0.5) is 0 Å². The van der Waals surface area contributed by atoms with Crippen LogP contribution >= 0.6 is 0 Å². The first-order valence-electron chi connectivity index (χ1n) is 10.6. The Labute approximate surface area is 186 Å². The molecule has 6 rings (SSSR count). The van der Waals surface area contributed by atoms with E-state index in [0.29, 0.717) is 5.82 Å². The molecule has 0 atom stereocenters. The number of hydrogen-bond acceptors (Lipinski definition) is 3. The van der Waals surface area contributed by atoms with Gasteiger partial charge in [0.25, 0.3) is 0 Å². The summed E-state index contributed by atoms with van der Waals surface area (Å²) >= 11 is 0. The third-order valence-corrected chi connectivity index (χ3v) is 5.71. The Morgan fingerprint density at radius 2 is 1.09 bits per heavy atom. The van der Waals surface area contributed by atoms with Crippen molar-refractivity contribution in [2.24, 2.45) is 0 Å². The van der Waals surface area contributed by atoms with E-state index >= 15 is 0 Å². The van der Waals surface area contributed by atoms with Crippen LogP contribution in [0.2, 0.25) is 0 Å². The van der Waals surface area contributed by atoms with Crippen molar-refractivity contribution in [2.45, 2.75) is 0 Å². The Balaban J connectivity index is 1.71. The number of rotatable bonds is 3. The molecule has 0 saturated heterocycles. The minimum atomic E-state index is 0.695. The zero-order valence-electron chi connectivity index (χ0n) is 17.3. The fourth-order valence-electron chi connectivity index (χ4n) is 4.23. The minimum absolute atomic E-state index is 0.695. The molecule has 0 spiro atoms. The molecule has 6 aromatic rings. The molecule has 0 bridgehead atoms. The van der Waals surface area contributed by atoms with Gasteiger partial charge in [0.15, 0.2) is 5.82 Å². The first-order chi connectivity index (χ1) is 15.9. The van der Waals surface area contributed by atoms with Crippen LogP contribution in [0.3, 0.4) is 0 Å². The Morgan fingerprint density at radius 1 is 0.469 bits per heavy atom. The third kappa shape index (κ3) is 3.21. The fraction of sp³-hybridized carbons (Fsp3) is 0. The van der Waals surface area contributed by atoms with E-state index in [1.54, 1.807) is 6.20 Å². The van der Waals surface area contributed by atoms with E-state index in [9.17, 15) is 0 Å². The van der Waals surface area contributed by atoms with Crippen molar-refractivity contribution in [3.63, 3.8) is 0 Å². The Bertz CT molecular complexity index is 1450. The topological polar surface area (TPSA) is 38.7 Å². The third-order valence-electron chi connectivity index (χ3n) is 5.71. The summed E-state index contributed by atoms with van der Waals surface area (Å²) in [5, 5.41) is 4.74. The molecule has 3 heteroatoms. The highest BCUT2D eigenvalue weighted by Crippen LogP contribution is 2.37. The molecule has 0 aliphatic carbocycles. The van der Waals surface area contributed by atoms with E-state index in [1.807, 2.05) is 48.5 Å². The summed E-state index contributed by atoms with van der Waals surface area (Å²) in [6, 6.07) is 37.3. The number of aromatic nitrogens is 3. The van der Waals surface area contributed by atoms with Gasteiger partial charge in [0.05, 0.1) is 17.1 Å². The smallest absolute Gasteiger partial charge is 0.160 e. The second-order valence-electron chi connectivity index (χ2n) is 7.74. The summed E-state index contributed by atoms with van der Waals surface area (Å²) in [5.74, 6) is 0.695. The summed E-state index contributed by atoms with van der Waals surface area (Å²) in [7, 11) is 0. The van der Waals surface area contributed by atoms with Gasteiger partial charge >= 0.3 is 0 Å². The average Bonchev–Trinajstić information content (AvgIpc) is 2.88. The van der Waals surface area contributed by atoms with Gasteiger partial charge in [-0.25, -0.2) is 9.97 Å². The normalized spacial score (nSPS) is 11.1. The standard InChI is InChI=1S/C29H19N3/c1-2-10-20(11-3-1)29-31-26(25-16-8-9-17-30-25)19-27(32-29)28-23-14-6-4-12-21(23)18-22-13-5-7-15-24(22)28/h1-19H. The van der Waals surface area contributed by atoms with Crippen LogP contribution in [-0.2, 0) is 0 Å². The molecule has 2 aromatic heterocycles. The lowest BCUT2D eigenvalue weighted by atomic mass is 9.94. The van der Waals surface area contributed by atoms with Crippen LogP contribution in [0.25, 0.3) is 55.6 Å². The monoisotopic (exact) mass is 409 g/mol. The van der Waals surface area contributed by atoms with Gasteiger partial charge < -0.3 is 0 Å². The predicted molar refractivity (Wildman–Crippen MR) is 131 cm³/mol. The molecule has 0 saturated carbocycles. The second kappa shape index (κ2) is 7.71. The van der Waals surface area contributed by atoms with E-state index in [1.165, 1.54) is 21.5 Å². The molecule has 150 valence electrons. The summed E-state index contributed by atoms with van der Waals surface area (Å²) in [4.78, 5) is 14.5. The summed E-state index contributed by atoms with van der Waals surface area (Å²) in [6.45, 7) is 0.